The van der Waals surface area contributed by atoms with Crippen molar-refractivity contribution in [3.63, 3.8) is 0 Å². The third-order valence-electron chi connectivity index (χ3n) is 6.61. The van der Waals surface area contributed by atoms with Gasteiger partial charge in [0.15, 0.2) is 0 Å². The fourth-order valence-corrected chi connectivity index (χ4v) is 4.97. The Hall–Kier alpha value is -1.60. The summed E-state index contributed by atoms with van der Waals surface area (Å²) in [5, 5.41) is 10.6. The molecule has 0 bridgehead atoms. The van der Waals surface area contributed by atoms with Crippen LogP contribution in [-0.2, 0) is 11.8 Å². The quantitative estimate of drug-likeness (QED) is 0.793. The second-order valence-corrected chi connectivity index (χ2v) is 8.49. The molecule has 1 aromatic heterocycles. The van der Waals surface area contributed by atoms with Gasteiger partial charge in [0.05, 0.1) is 17.8 Å². The number of carbonyl (C=O) groups excluding carboxylic acids is 2. The number of amides is 2. The Kier molecular flexibility index (Phi) is 6.99. The maximum absolute atomic E-state index is 12.9. The summed E-state index contributed by atoms with van der Waals surface area (Å²) >= 11 is 0. The highest BCUT2D eigenvalue weighted by Crippen LogP contribution is 2.34. The van der Waals surface area contributed by atoms with Crippen molar-refractivity contribution < 1.29 is 9.59 Å². The third-order valence-corrected chi connectivity index (χ3v) is 6.61. The van der Waals surface area contributed by atoms with Crippen LogP contribution in [0.25, 0.3) is 0 Å². The number of nitrogens with zero attached hydrogens (tertiary/aromatic N) is 3. The molecule has 3 heterocycles. The largest absolute Gasteiger partial charge is 0.352 e. The summed E-state index contributed by atoms with van der Waals surface area (Å²) in [6, 6.07) is 0.591. The van der Waals surface area contributed by atoms with E-state index in [1.165, 1.54) is 25.7 Å². The normalized spacial score (nSPS) is 27.8. The van der Waals surface area contributed by atoms with Gasteiger partial charge in [-0.1, -0.05) is 12.8 Å². The van der Waals surface area contributed by atoms with Crippen LogP contribution in [0.15, 0.2) is 12.4 Å². The van der Waals surface area contributed by atoms with E-state index in [2.05, 4.69) is 15.7 Å². The van der Waals surface area contributed by atoms with Crippen LogP contribution in [0.3, 0.4) is 0 Å². The van der Waals surface area contributed by atoms with Gasteiger partial charge in [-0.3, -0.25) is 14.3 Å². The number of halogens is 1. The summed E-state index contributed by atoms with van der Waals surface area (Å²) in [6.45, 7) is 2.28. The first-order valence-corrected chi connectivity index (χ1v) is 10.4. The van der Waals surface area contributed by atoms with Crippen LogP contribution in [0.2, 0.25) is 0 Å². The molecule has 2 amide bonds. The van der Waals surface area contributed by atoms with E-state index < -0.39 is 0 Å². The first-order chi connectivity index (χ1) is 13.1. The topological polar surface area (TPSA) is 79.3 Å². The molecule has 3 unspecified atom stereocenters. The maximum atomic E-state index is 12.9. The molecule has 156 valence electrons. The molecule has 3 fully saturated rings. The molecule has 3 atom stereocenters. The van der Waals surface area contributed by atoms with Gasteiger partial charge in [0, 0.05) is 38.9 Å². The Morgan fingerprint density at radius 3 is 2.64 bits per heavy atom. The van der Waals surface area contributed by atoms with E-state index >= 15 is 0 Å². The number of nitrogens with one attached hydrogen (secondary N) is 2. The van der Waals surface area contributed by atoms with Gasteiger partial charge in [0.1, 0.15) is 0 Å². The average molecular weight is 410 g/mol. The van der Waals surface area contributed by atoms with Crippen molar-refractivity contribution in [3.8, 4) is 0 Å². The number of piperidine rings is 1. The monoisotopic (exact) mass is 409 g/mol. The number of likely N-dealkylation sites (tertiary alicyclic amines) is 1. The maximum Gasteiger partial charge on any atom is 0.254 e. The molecule has 8 heteroatoms. The second-order valence-electron chi connectivity index (χ2n) is 8.49. The Morgan fingerprint density at radius 2 is 1.96 bits per heavy atom. The third kappa shape index (κ3) is 4.69. The lowest BCUT2D eigenvalue weighted by Crippen LogP contribution is -2.49. The van der Waals surface area contributed by atoms with E-state index in [9.17, 15) is 9.59 Å². The molecule has 2 saturated heterocycles. The van der Waals surface area contributed by atoms with Crippen molar-refractivity contribution in [2.24, 2.45) is 18.9 Å². The molecular weight excluding hydrogens is 378 g/mol. The van der Waals surface area contributed by atoms with Crippen LogP contribution in [0.5, 0.6) is 0 Å². The number of rotatable bonds is 4. The molecule has 1 aliphatic carbocycles. The highest BCUT2D eigenvalue weighted by atomic mass is 35.5. The Balaban J connectivity index is 0.00000225. The van der Waals surface area contributed by atoms with Crippen LogP contribution in [-0.4, -0.2) is 58.2 Å². The summed E-state index contributed by atoms with van der Waals surface area (Å²) in [5.74, 6) is 1.36. The summed E-state index contributed by atoms with van der Waals surface area (Å²) < 4.78 is 1.63. The number of aryl methyl sites for hydroxylation is 1. The zero-order valence-corrected chi connectivity index (χ0v) is 17.4. The molecule has 4 rings (SSSR count). The lowest BCUT2D eigenvalue weighted by molar-refractivity contribution is -0.134. The van der Waals surface area contributed by atoms with Crippen molar-refractivity contribution in [1.29, 1.82) is 0 Å². The lowest BCUT2D eigenvalue weighted by atomic mass is 9.85. The van der Waals surface area contributed by atoms with Gasteiger partial charge < -0.3 is 15.5 Å². The minimum atomic E-state index is -0.0700. The van der Waals surface area contributed by atoms with Crippen LogP contribution >= 0.6 is 12.4 Å². The van der Waals surface area contributed by atoms with E-state index in [-0.39, 0.29) is 24.4 Å². The zero-order chi connectivity index (χ0) is 18.8. The highest BCUT2D eigenvalue weighted by molar-refractivity contribution is 5.93. The van der Waals surface area contributed by atoms with Crippen LogP contribution < -0.4 is 10.6 Å². The minimum Gasteiger partial charge on any atom is -0.352 e. The van der Waals surface area contributed by atoms with Crippen molar-refractivity contribution in [3.05, 3.63) is 18.0 Å². The molecule has 28 heavy (non-hydrogen) atoms. The van der Waals surface area contributed by atoms with Crippen LogP contribution in [0, 0.1) is 11.8 Å². The van der Waals surface area contributed by atoms with Gasteiger partial charge in [0.25, 0.3) is 5.91 Å². The van der Waals surface area contributed by atoms with Crippen LogP contribution in [0.1, 0.15) is 55.3 Å². The van der Waals surface area contributed by atoms with Gasteiger partial charge in [0.2, 0.25) is 5.91 Å². The molecule has 0 spiro atoms. The Bertz CT molecular complexity index is 672. The van der Waals surface area contributed by atoms with Crippen molar-refractivity contribution in [2.75, 3.05) is 19.6 Å². The summed E-state index contributed by atoms with van der Waals surface area (Å²) in [6.07, 6.45) is 11.4. The van der Waals surface area contributed by atoms with Crippen molar-refractivity contribution in [2.45, 2.75) is 57.0 Å². The number of carbonyl (C=O) groups is 2. The lowest BCUT2D eigenvalue weighted by Gasteiger charge is -2.33. The average Bonchev–Trinajstić information content (AvgIpc) is 3.32. The predicted molar refractivity (Wildman–Crippen MR) is 109 cm³/mol. The van der Waals surface area contributed by atoms with E-state index in [1.807, 2.05) is 4.90 Å². The fraction of sp³-hybridized carbons (Fsp3) is 0.750. The first kappa shape index (κ1) is 21.1. The standard InChI is InChI=1S/C20H31N5O2.ClH/c1-24-13-16(12-22-24)19(26)21-11-14-6-8-25(9-7-14)20(27)18-10-15-4-2-3-5-17(15)23-18;/h12-15,17-18,23H,2-11H2,1H3,(H,21,26);1H. The molecular formula is C20H32ClN5O2. The number of hydrogen-bond acceptors (Lipinski definition) is 4. The zero-order valence-electron chi connectivity index (χ0n) is 16.6. The van der Waals surface area contributed by atoms with Gasteiger partial charge in [-0.15, -0.1) is 12.4 Å². The van der Waals surface area contributed by atoms with E-state index in [0.29, 0.717) is 35.9 Å². The second kappa shape index (κ2) is 9.27. The SMILES string of the molecule is Cl.Cn1cc(C(=O)NCC2CCN(C(=O)C3CC4CCCCC4N3)CC2)cn1. The summed E-state index contributed by atoms with van der Waals surface area (Å²) in [5.41, 5.74) is 0.596. The van der Waals surface area contributed by atoms with E-state index in [0.717, 1.165) is 32.4 Å². The molecule has 7 nitrogen and oxygen atoms in total. The molecule has 2 aliphatic heterocycles. The number of hydrogen-bond donors (Lipinski definition) is 2. The summed E-state index contributed by atoms with van der Waals surface area (Å²) in [4.78, 5) is 27.1. The van der Waals surface area contributed by atoms with Gasteiger partial charge in [-0.2, -0.15) is 5.10 Å². The molecule has 2 N–H and O–H groups in total. The molecule has 0 aromatic carbocycles. The Morgan fingerprint density at radius 1 is 1.21 bits per heavy atom. The number of aromatic nitrogens is 2. The Labute approximate surface area is 173 Å². The van der Waals surface area contributed by atoms with Gasteiger partial charge >= 0.3 is 0 Å². The smallest absolute Gasteiger partial charge is 0.254 e. The highest BCUT2D eigenvalue weighted by Gasteiger charge is 2.40. The van der Waals surface area contributed by atoms with E-state index in [1.54, 1.807) is 24.1 Å². The molecule has 1 aromatic rings. The fourth-order valence-electron chi connectivity index (χ4n) is 4.97. The first-order valence-electron chi connectivity index (χ1n) is 10.4. The molecule has 0 radical (unpaired) electrons. The number of fused-ring (bicyclic) bond motifs is 1. The summed E-state index contributed by atoms with van der Waals surface area (Å²) in [7, 11) is 1.80. The minimum absolute atomic E-state index is 0. The predicted octanol–water partition coefficient (Wildman–Crippen LogP) is 1.73. The van der Waals surface area contributed by atoms with Crippen molar-refractivity contribution >= 4 is 24.2 Å². The van der Waals surface area contributed by atoms with Crippen LogP contribution in [0.4, 0.5) is 0 Å². The van der Waals surface area contributed by atoms with E-state index in [4.69, 9.17) is 0 Å². The van der Waals surface area contributed by atoms with Crippen molar-refractivity contribution in [1.82, 2.24) is 25.3 Å². The van der Waals surface area contributed by atoms with Gasteiger partial charge in [-0.05, 0) is 43.9 Å². The molecule has 1 saturated carbocycles. The van der Waals surface area contributed by atoms with Gasteiger partial charge in [-0.25, -0.2) is 0 Å². The molecule has 3 aliphatic rings.